The van der Waals surface area contributed by atoms with Gasteiger partial charge in [-0.05, 0) is 72.7 Å². The highest BCUT2D eigenvalue weighted by Crippen LogP contribution is 2.39. The number of aromatic nitrogens is 2. The van der Waals surface area contributed by atoms with E-state index in [2.05, 4.69) is 20.4 Å². The number of nitrogens with zero attached hydrogens (tertiary/aromatic N) is 3. The molecule has 3 aromatic rings. The van der Waals surface area contributed by atoms with Crippen LogP contribution in [0.5, 0.6) is 0 Å². The van der Waals surface area contributed by atoms with Crippen LogP contribution in [0.2, 0.25) is 5.02 Å². The van der Waals surface area contributed by atoms with E-state index in [1.807, 2.05) is 18.2 Å². The van der Waals surface area contributed by atoms with Gasteiger partial charge in [-0.25, -0.2) is 8.78 Å². The maximum Gasteiger partial charge on any atom is 0.148 e. The molecule has 3 atom stereocenters. The van der Waals surface area contributed by atoms with Crippen LogP contribution in [-0.4, -0.2) is 34.2 Å². The van der Waals surface area contributed by atoms with Crippen LogP contribution < -0.4 is 5.32 Å². The maximum atomic E-state index is 13.5. The summed E-state index contributed by atoms with van der Waals surface area (Å²) in [6, 6.07) is 15.1. The minimum Gasteiger partial charge on any atom is -0.366 e. The van der Waals surface area contributed by atoms with Crippen molar-refractivity contribution in [2.45, 2.75) is 25.4 Å². The zero-order valence-corrected chi connectivity index (χ0v) is 17.7. The lowest BCUT2D eigenvalue weighted by Crippen LogP contribution is -2.25. The Kier molecular flexibility index (Phi) is 5.59. The molecule has 2 aromatic carbocycles. The Balaban J connectivity index is 1.17. The van der Waals surface area contributed by atoms with E-state index >= 15 is 0 Å². The Bertz CT molecular complexity index is 1060. The van der Waals surface area contributed by atoms with Crippen molar-refractivity contribution in [1.29, 1.82) is 0 Å². The lowest BCUT2D eigenvalue weighted by Gasteiger charge is -2.20. The third-order valence-electron chi connectivity index (χ3n) is 6.34. The first-order chi connectivity index (χ1) is 15.0. The molecule has 1 aromatic heterocycles. The van der Waals surface area contributed by atoms with E-state index in [9.17, 15) is 8.78 Å². The predicted octanol–water partition coefficient (Wildman–Crippen LogP) is 5.40. The number of rotatable bonds is 5. The van der Waals surface area contributed by atoms with Crippen molar-refractivity contribution in [3.05, 3.63) is 76.8 Å². The van der Waals surface area contributed by atoms with E-state index in [0.29, 0.717) is 34.2 Å². The molecular formula is C24H23ClF2N4. The minimum atomic E-state index is -0.354. The molecule has 0 bridgehead atoms. The molecule has 2 fully saturated rings. The molecule has 0 amide bonds. The minimum absolute atomic E-state index is 0.173. The number of hydrogen-bond acceptors (Lipinski definition) is 4. The van der Waals surface area contributed by atoms with Crippen LogP contribution >= 0.6 is 11.6 Å². The largest absolute Gasteiger partial charge is 0.366 e. The molecule has 7 heteroatoms. The highest BCUT2D eigenvalue weighted by Gasteiger charge is 2.40. The second kappa shape index (κ2) is 8.52. The van der Waals surface area contributed by atoms with Crippen LogP contribution in [0.25, 0.3) is 11.3 Å². The fourth-order valence-corrected chi connectivity index (χ4v) is 5.21. The quantitative estimate of drug-likeness (QED) is 0.577. The zero-order valence-electron chi connectivity index (χ0n) is 16.9. The van der Waals surface area contributed by atoms with Crippen molar-refractivity contribution in [1.82, 2.24) is 15.1 Å². The van der Waals surface area contributed by atoms with E-state index in [0.717, 1.165) is 43.9 Å². The van der Waals surface area contributed by atoms with E-state index < -0.39 is 0 Å². The zero-order chi connectivity index (χ0) is 21.4. The van der Waals surface area contributed by atoms with Crippen molar-refractivity contribution in [3.8, 4) is 11.3 Å². The number of anilines is 1. The van der Waals surface area contributed by atoms with Gasteiger partial charge >= 0.3 is 0 Å². The van der Waals surface area contributed by atoms with Gasteiger partial charge in [0.25, 0.3) is 0 Å². The van der Waals surface area contributed by atoms with Crippen molar-refractivity contribution in [2.75, 3.05) is 18.4 Å². The fourth-order valence-electron chi connectivity index (χ4n) is 4.99. The first kappa shape index (κ1) is 20.3. The first-order valence-electron chi connectivity index (χ1n) is 10.6. The Hall–Kier alpha value is -2.57. The van der Waals surface area contributed by atoms with Crippen LogP contribution in [0.1, 0.15) is 18.4 Å². The number of likely N-dealkylation sites (tertiary alicyclic amines) is 1. The summed E-state index contributed by atoms with van der Waals surface area (Å²) in [5, 5.41) is 12.4. The third kappa shape index (κ3) is 4.55. The molecule has 31 heavy (non-hydrogen) atoms. The first-order valence-corrected chi connectivity index (χ1v) is 10.9. The SMILES string of the molecule is Fc1cccc(CN2CC3CC(Nc4ccc(-c5cc(F)ccc5Cl)nn4)C[C@@H]3C2)c1. The Labute approximate surface area is 185 Å². The van der Waals surface area contributed by atoms with E-state index in [4.69, 9.17) is 11.6 Å². The van der Waals surface area contributed by atoms with Crippen LogP contribution in [0.4, 0.5) is 14.6 Å². The van der Waals surface area contributed by atoms with Gasteiger partial charge in [0.1, 0.15) is 17.5 Å². The molecule has 1 aliphatic heterocycles. The fraction of sp³-hybridized carbons (Fsp3) is 0.333. The highest BCUT2D eigenvalue weighted by molar-refractivity contribution is 6.33. The summed E-state index contributed by atoms with van der Waals surface area (Å²) in [5.41, 5.74) is 2.12. The summed E-state index contributed by atoms with van der Waals surface area (Å²) in [4.78, 5) is 2.43. The third-order valence-corrected chi connectivity index (χ3v) is 6.67. The number of halogens is 3. The number of benzene rings is 2. The molecule has 2 heterocycles. The molecule has 0 radical (unpaired) electrons. The second-order valence-electron chi connectivity index (χ2n) is 8.58. The Morgan fingerprint density at radius 1 is 0.935 bits per heavy atom. The molecular weight excluding hydrogens is 418 g/mol. The summed E-state index contributed by atoms with van der Waals surface area (Å²) in [6.07, 6.45) is 2.17. The molecule has 1 saturated carbocycles. The van der Waals surface area contributed by atoms with Crippen molar-refractivity contribution in [2.24, 2.45) is 11.8 Å². The topological polar surface area (TPSA) is 41.0 Å². The summed E-state index contributed by atoms with van der Waals surface area (Å²) in [6.45, 7) is 2.89. The van der Waals surface area contributed by atoms with Gasteiger partial charge in [0.05, 0.1) is 10.7 Å². The highest BCUT2D eigenvalue weighted by atomic mass is 35.5. The normalized spacial score (nSPS) is 23.1. The molecule has 2 aliphatic rings. The average Bonchev–Trinajstić information content (AvgIpc) is 3.28. The van der Waals surface area contributed by atoms with Crippen LogP contribution in [0.3, 0.4) is 0 Å². The van der Waals surface area contributed by atoms with E-state index in [1.54, 1.807) is 12.1 Å². The molecule has 1 aliphatic carbocycles. The summed E-state index contributed by atoms with van der Waals surface area (Å²) < 4.78 is 27.0. The van der Waals surface area contributed by atoms with Gasteiger partial charge in [0.2, 0.25) is 0 Å². The number of nitrogens with one attached hydrogen (secondary N) is 1. The van der Waals surface area contributed by atoms with Crippen LogP contribution in [0, 0.1) is 23.5 Å². The molecule has 1 saturated heterocycles. The van der Waals surface area contributed by atoms with E-state index in [1.165, 1.54) is 24.3 Å². The summed E-state index contributed by atoms with van der Waals surface area (Å²) in [5.74, 6) is 1.48. The van der Waals surface area contributed by atoms with Crippen molar-refractivity contribution in [3.63, 3.8) is 0 Å². The maximum absolute atomic E-state index is 13.5. The van der Waals surface area contributed by atoms with Gasteiger partial charge in [0, 0.05) is 31.2 Å². The lowest BCUT2D eigenvalue weighted by atomic mass is 10.0. The monoisotopic (exact) mass is 440 g/mol. The van der Waals surface area contributed by atoms with Crippen LogP contribution in [0.15, 0.2) is 54.6 Å². The summed E-state index contributed by atoms with van der Waals surface area (Å²) >= 11 is 6.16. The predicted molar refractivity (Wildman–Crippen MR) is 118 cm³/mol. The smallest absolute Gasteiger partial charge is 0.148 e. The molecule has 4 nitrogen and oxygen atoms in total. The Morgan fingerprint density at radius 3 is 2.42 bits per heavy atom. The van der Waals surface area contributed by atoms with Crippen molar-refractivity contribution >= 4 is 17.4 Å². The Morgan fingerprint density at radius 2 is 1.71 bits per heavy atom. The second-order valence-corrected chi connectivity index (χ2v) is 8.99. The average molecular weight is 441 g/mol. The van der Waals surface area contributed by atoms with Gasteiger partial charge in [-0.3, -0.25) is 4.90 Å². The van der Waals surface area contributed by atoms with Gasteiger partial charge < -0.3 is 5.32 Å². The summed E-state index contributed by atoms with van der Waals surface area (Å²) in [7, 11) is 0. The standard InChI is InChI=1S/C24H23ClF2N4/c25-22-5-4-19(27)11-21(22)23-6-7-24(30-29-23)28-20-9-16-13-31(14-17(16)10-20)12-15-2-1-3-18(26)8-15/h1-8,11,16-17,20H,9-10,12-14H2,(H,28,30)/t16-,17?,20?/m1/s1. The van der Waals surface area contributed by atoms with Gasteiger partial charge in [-0.15, -0.1) is 10.2 Å². The molecule has 0 spiro atoms. The molecule has 1 N–H and O–H groups in total. The van der Waals surface area contributed by atoms with Gasteiger partial charge in [-0.2, -0.15) is 0 Å². The van der Waals surface area contributed by atoms with Crippen LogP contribution in [-0.2, 0) is 6.54 Å². The molecule has 160 valence electrons. The lowest BCUT2D eigenvalue weighted by molar-refractivity contribution is 0.300. The van der Waals surface area contributed by atoms with Gasteiger partial charge in [0.15, 0.2) is 0 Å². The molecule has 5 rings (SSSR count). The number of hydrogen-bond donors (Lipinski definition) is 1. The molecule has 2 unspecified atom stereocenters. The number of fused-ring (bicyclic) bond motifs is 1. The van der Waals surface area contributed by atoms with E-state index in [-0.39, 0.29) is 11.6 Å². The van der Waals surface area contributed by atoms with Crippen molar-refractivity contribution < 1.29 is 8.78 Å². The van der Waals surface area contributed by atoms with Gasteiger partial charge in [-0.1, -0.05) is 23.7 Å².